The lowest BCUT2D eigenvalue weighted by Crippen LogP contribution is -2.27. The van der Waals surface area contributed by atoms with Gasteiger partial charge in [0.1, 0.15) is 5.82 Å². The number of nitrogens with one attached hydrogen (secondary N) is 2. The number of nitrogens with zero attached hydrogens (tertiary/aromatic N) is 2. The van der Waals surface area contributed by atoms with E-state index in [0.29, 0.717) is 33.7 Å². The van der Waals surface area contributed by atoms with Crippen molar-refractivity contribution in [2.75, 3.05) is 32.5 Å². The fourth-order valence-electron chi connectivity index (χ4n) is 2.07. The molecule has 1 aromatic carbocycles. The molecular formula is C17H20Cl2N4O. The van der Waals surface area contributed by atoms with E-state index in [0.717, 1.165) is 13.0 Å². The number of amides is 1. The van der Waals surface area contributed by atoms with Crippen LogP contribution in [-0.4, -0.2) is 43.0 Å². The quantitative estimate of drug-likeness (QED) is 0.731. The van der Waals surface area contributed by atoms with Crippen molar-refractivity contribution in [3.63, 3.8) is 0 Å². The lowest BCUT2D eigenvalue weighted by molar-refractivity contribution is 0.0952. The molecule has 0 aliphatic carbocycles. The molecule has 2 rings (SSSR count). The Morgan fingerprint density at radius 3 is 2.75 bits per heavy atom. The highest BCUT2D eigenvalue weighted by atomic mass is 35.5. The van der Waals surface area contributed by atoms with Crippen molar-refractivity contribution in [1.29, 1.82) is 0 Å². The van der Waals surface area contributed by atoms with E-state index in [4.69, 9.17) is 23.2 Å². The average molecular weight is 367 g/mol. The van der Waals surface area contributed by atoms with Gasteiger partial charge in [-0.25, -0.2) is 4.98 Å². The zero-order valence-corrected chi connectivity index (χ0v) is 15.2. The third-order valence-electron chi connectivity index (χ3n) is 3.28. The van der Waals surface area contributed by atoms with Crippen LogP contribution in [0.15, 0.2) is 36.5 Å². The van der Waals surface area contributed by atoms with Crippen LogP contribution in [0.2, 0.25) is 10.0 Å². The Kier molecular flexibility index (Phi) is 6.85. The lowest BCUT2D eigenvalue weighted by atomic mass is 10.2. The van der Waals surface area contributed by atoms with Crippen molar-refractivity contribution in [1.82, 2.24) is 15.2 Å². The Morgan fingerprint density at radius 1 is 1.21 bits per heavy atom. The largest absolute Gasteiger partial charge is 0.352 e. The minimum absolute atomic E-state index is 0.128. The summed E-state index contributed by atoms with van der Waals surface area (Å²) in [7, 11) is 4.01. The molecule has 1 amide bonds. The van der Waals surface area contributed by atoms with Gasteiger partial charge < -0.3 is 15.5 Å². The fourth-order valence-corrected chi connectivity index (χ4v) is 2.41. The smallest absolute Gasteiger partial charge is 0.251 e. The van der Waals surface area contributed by atoms with E-state index in [9.17, 15) is 4.79 Å². The second-order valence-corrected chi connectivity index (χ2v) is 6.44. The Labute approximate surface area is 152 Å². The summed E-state index contributed by atoms with van der Waals surface area (Å²) in [4.78, 5) is 18.5. The summed E-state index contributed by atoms with van der Waals surface area (Å²) in [6.07, 6.45) is 2.47. The third-order valence-corrected chi connectivity index (χ3v) is 3.85. The summed E-state index contributed by atoms with van der Waals surface area (Å²) in [5, 5.41) is 7.07. The van der Waals surface area contributed by atoms with Gasteiger partial charge in [0.25, 0.3) is 5.91 Å². The Bertz CT molecular complexity index is 707. The molecule has 5 nitrogen and oxygen atoms in total. The van der Waals surface area contributed by atoms with Gasteiger partial charge in [0.15, 0.2) is 0 Å². The number of rotatable bonds is 7. The van der Waals surface area contributed by atoms with Crippen LogP contribution in [0.5, 0.6) is 0 Å². The van der Waals surface area contributed by atoms with Gasteiger partial charge in [-0.05, 0) is 57.4 Å². The maximum atomic E-state index is 12.2. The molecule has 0 unspecified atom stereocenters. The molecule has 0 aliphatic rings. The molecular weight excluding hydrogens is 347 g/mol. The van der Waals surface area contributed by atoms with Gasteiger partial charge in [0.05, 0.1) is 10.7 Å². The topological polar surface area (TPSA) is 57.3 Å². The second kappa shape index (κ2) is 8.87. The maximum Gasteiger partial charge on any atom is 0.251 e. The summed E-state index contributed by atoms with van der Waals surface area (Å²) in [6.45, 7) is 1.55. The fraction of sp³-hybridized carbons (Fsp3) is 0.294. The lowest BCUT2D eigenvalue weighted by Gasteiger charge is -2.11. The van der Waals surface area contributed by atoms with E-state index in [1.807, 2.05) is 14.1 Å². The van der Waals surface area contributed by atoms with E-state index in [1.165, 1.54) is 0 Å². The minimum atomic E-state index is -0.128. The molecule has 0 radical (unpaired) electrons. The van der Waals surface area contributed by atoms with Crippen molar-refractivity contribution in [3.8, 4) is 0 Å². The summed E-state index contributed by atoms with van der Waals surface area (Å²) in [6, 6.07) is 8.47. The number of benzene rings is 1. The molecule has 2 aromatic rings. The van der Waals surface area contributed by atoms with Crippen LogP contribution in [0.4, 0.5) is 11.5 Å². The molecule has 0 spiro atoms. The second-order valence-electron chi connectivity index (χ2n) is 5.59. The summed E-state index contributed by atoms with van der Waals surface area (Å²) in [5.74, 6) is 0.400. The first-order valence-corrected chi connectivity index (χ1v) is 8.32. The van der Waals surface area contributed by atoms with Crippen LogP contribution in [0.3, 0.4) is 0 Å². The number of carbonyl (C=O) groups is 1. The van der Waals surface area contributed by atoms with Crippen LogP contribution in [0.1, 0.15) is 16.8 Å². The van der Waals surface area contributed by atoms with E-state index in [2.05, 4.69) is 20.5 Å². The predicted molar refractivity (Wildman–Crippen MR) is 99.5 cm³/mol. The first-order valence-electron chi connectivity index (χ1n) is 7.57. The number of aromatic nitrogens is 1. The predicted octanol–water partition coefficient (Wildman–Crippen LogP) is 3.81. The van der Waals surface area contributed by atoms with Gasteiger partial charge in [-0.3, -0.25) is 4.79 Å². The summed E-state index contributed by atoms with van der Waals surface area (Å²) >= 11 is 12.1. The van der Waals surface area contributed by atoms with Crippen molar-refractivity contribution in [2.24, 2.45) is 0 Å². The SMILES string of the molecule is CN(C)CCCNC(=O)c1ccnc(Nc2cc(Cl)ccc2Cl)c1. The molecule has 0 fully saturated rings. The highest BCUT2D eigenvalue weighted by Crippen LogP contribution is 2.27. The van der Waals surface area contributed by atoms with E-state index in [-0.39, 0.29) is 5.91 Å². The van der Waals surface area contributed by atoms with Crippen molar-refractivity contribution >= 4 is 40.6 Å². The Morgan fingerprint density at radius 2 is 2.00 bits per heavy atom. The molecule has 0 atom stereocenters. The molecule has 1 heterocycles. The van der Waals surface area contributed by atoms with Gasteiger partial charge >= 0.3 is 0 Å². The van der Waals surface area contributed by atoms with E-state index < -0.39 is 0 Å². The van der Waals surface area contributed by atoms with Gasteiger partial charge in [-0.15, -0.1) is 0 Å². The van der Waals surface area contributed by atoms with Crippen LogP contribution in [0, 0.1) is 0 Å². The number of carbonyl (C=O) groups excluding carboxylic acids is 1. The zero-order chi connectivity index (χ0) is 17.5. The molecule has 0 aliphatic heterocycles. The molecule has 0 saturated heterocycles. The maximum absolute atomic E-state index is 12.2. The molecule has 2 N–H and O–H groups in total. The van der Waals surface area contributed by atoms with Gasteiger partial charge in [0.2, 0.25) is 0 Å². The van der Waals surface area contributed by atoms with Gasteiger partial charge in [-0.2, -0.15) is 0 Å². The Hall–Kier alpha value is -1.82. The van der Waals surface area contributed by atoms with Crippen LogP contribution >= 0.6 is 23.2 Å². The normalized spacial score (nSPS) is 10.7. The van der Waals surface area contributed by atoms with Crippen LogP contribution < -0.4 is 10.6 Å². The number of hydrogen-bond acceptors (Lipinski definition) is 4. The van der Waals surface area contributed by atoms with Crippen molar-refractivity contribution in [2.45, 2.75) is 6.42 Å². The van der Waals surface area contributed by atoms with E-state index >= 15 is 0 Å². The number of pyridine rings is 1. The van der Waals surface area contributed by atoms with Gasteiger partial charge in [0, 0.05) is 23.3 Å². The van der Waals surface area contributed by atoms with Crippen molar-refractivity contribution in [3.05, 3.63) is 52.1 Å². The summed E-state index contributed by atoms with van der Waals surface area (Å²) < 4.78 is 0. The number of hydrogen-bond donors (Lipinski definition) is 2. The first-order chi connectivity index (χ1) is 11.5. The monoisotopic (exact) mass is 366 g/mol. The molecule has 0 bridgehead atoms. The summed E-state index contributed by atoms with van der Waals surface area (Å²) in [5.41, 5.74) is 1.18. The number of halogens is 2. The first kappa shape index (κ1) is 18.5. The minimum Gasteiger partial charge on any atom is -0.352 e. The Balaban J connectivity index is 2.00. The third kappa shape index (κ3) is 5.67. The highest BCUT2D eigenvalue weighted by Gasteiger charge is 2.08. The molecule has 128 valence electrons. The molecule has 24 heavy (non-hydrogen) atoms. The van der Waals surface area contributed by atoms with Gasteiger partial charge in [-0.1, -0.05) is 23.2 Å². The standard InChI is InChI=1S/C17H20Cl2N4O/c1-23(2)9-3-7-21-17(24)12-6-8-20-16(10-12)22-15-11-13(18)4-5-14(15)19/h4-6,8,10-11H,3,7,9H2,1-2H3,(H,20,22)(H,21,24). The molecule has 1 aromatic heterocycles. The molecule has 0 saturated carbocycles. The molecule has 7 heteroatoms. The zero-order valence-electron chi connectivity index (χ0n) is 13.6. The van der Waals surface area contributed by atoms with Crippen LogP contribution in [-0.2, 0) is 0 Å². The highest BCUT2D eigenvalue weighted by molar-refractivity contribution is 6.35. The van der Waals surface area contributed by atoms with Crippen LogP contribution in [0.25, 0.3) is 0 Å². The van der Waals surface area contributed by atoms with E-state index in [1.54, 1.807) is 36.5 Å². The average Bonchev–Trinajstić information content (AvgIpc) is 2.55. The van der Waals surface area contributed by atoms with Crippen molar-refractivity contribution < 1.29 is 4.79 Å². The number of anilines is 2.